The Labute approximate surface area is 148 Å². The van der Waals surface area contributed by atoms with Gasteiger partial charge in [0.15, 0.2) is 0 Å². The molecule has 0 radical (unpaired) electrons. The van der Waals surface area contributed by atoms with Gasteiger partial charge in [-0.15, -0.1) is 0 Å². The maximum atomic E-state index is 12.3. The molecule has 138 valence electrons. The van der Waals surface area contributed by atoms with Crippen molar-refractivity contribution in [3.8, 4) is 0 Å². The molecule has 7 nitrogen and oxygen atoms in total. The number of ether oxygens (including phenoxy) is 1. The zero-order chi connectivity index (χ0) is 18.7. The second-order valence-corrected chi connectivity index (χ2v) is 5.74. The minimum absolute atomic E-state index is 0.0986. The Bertz CT molecular complexity index is 563. The molecule has 25 heavy (non-hydrogen) atoms. The van der Waals surface area contributed by atoms with E-state index in [4.69, 9.17) is 4.74 Å². The van der Waals surface area contributed by atoms with E-state index in [0.29, 0.717) is 13.0 Å². The molecule has 0 bridgehead atoms. The lowest BCUT2D eigenvalue weighted by atomic mass is 9.98. The summed E-state index contributed by atoms with van der Waals surface area (Å²) in [5.41, 5.74) is 0.860. The van der Waals surface area contributed by atoms with Crippen molar-refractivity contribution in [3.63, 3.8) is 0 Å². The molecule has 0 aliphatic rings. The van der Waals surface area contributed by atoms with Crippen molar-refractivity contribution in [1.29, 1.82) is 0 Å². The van der Waals surface area contributed by atoms with Gasteiger partial charge in [0.05, 0.1) is 6.54 Å². The molecule has 2 atom stereocenters. The second kappa shape index (κ2) is 11.1. The number of amides is 3. The van der Waals surface area contributed by atoms with Crippen LogP contribution in [0.2, 0.25) is 0 Å². The Morgan fingerprint density at radius 2 is 1.76 bits per heavy atom. The number of rotatable bonds is 9. The third-order valence-electron chi connectivity index (χ3n) is 3.78. The van der Waals surface area contributed by atoms with Gasteiger partial charge in [-0.2, -0.15) is 0 Å². The molecule has 0 aromatic heterocycles. The Morgan fingerprint density at radius 1 is 1.08 bits per heavy atom. The number of hydrogen-bond donors (Lipinski definition) is 3. The predicted octanol–water partition coefficient (Wildman–Crippen LogP) is 1.58. The SMILES string of the molecule is CCNC(=O)CNC(=O)[C@@H](NC(=O)OCc1ccccc1)[C@@H](C)CC. The third kappa shape index (κ3) is 7.69. The fourth-order valence-electron chi connectivity index (χ4n) is 2.13. The van der Waals surface area contributed by atoms with Crippen molar-refractivity contribution in [2.45, 2.75) is 39.8 Å². The topological polar surface area (TPSA) is 96.5 Å². The maximum Gasteiger partial charge on any atom is 0.408 e. The number of likely N-dealkylation sites (N-methyl/N-ethyl adjacent to an activating group) is 1. The third-order valence-corrected chi connectivity index (χ3v) is 3.78. The molecular formula is C18H27N3O4. The van der Waals surface area contributed by atoms with Gasteiger partial charge in [-0.1, -0.05) is 50.6 Å². The van der Waals surface area contributed by atoms with E-state index in [1.165, 1.54) is 0 Å². The van der Waals surface area contributed by atoms with E-state index in [1.807, 2.05) is 44.2 Å². The number of nitrogens with one attached hydrogen (secondary N) is 3. The van der Waals surface area contributed by atoms with Crippen molar-refractivity contribution in [2.75, 3.05) is 13.1 Å². The average Bonchev–Trinajstić information content (AvgIpc) is 2.63. The lowest BCUT2D eigenvalue weighted by molar-refractivity contribution is -0.128. The van der Waals surface area contributed by atoms with E-state index in [-0.39, 0.29) is 25.0 Å². The molecule has 1 aromatic rings. The van der Waals surface area contributed by atoms with E-state index < -0.39 is 18.0 Å². The first-order valence-electron chi connectivity index (χ1n) is 8.49. The van der Waals surface area contributed by atoms with Crippen LogP contribution in [0.15, 0.2) is 30.3 Å². The normalized spacial score (nSPS) is 12.6. The molecule has 0 spiro atoms. The van der Waals surface area contributed by atoms with Gasteiger partial charge >= 0.3 is 6.09 Å². The molecule has 0 aliphatic heterocycles. The average molecular weight is 349 g/mol. The molecule has 1 rings (SSSR count). The molecule has 7 heteroatoms. The largest absolute Gasteiger partial charge is 0.445 e. The molecule has 0 heterocycles. The summed E-state index contributed by atoms with van der Waals surface area (Å²) >= 11 is 0. The van der Waals surface area contributed by atoms with Crippen LogP contribution in [-0.4, -0.2) is 37.0 Å². The van der Waals surface area contributed by atoms with E-state index >= 15 is 0 Å². The van der Waals surface area contributed by atoms with Crippen LogP contribution in [0.3, 0.4) is 0 Å². The van der Waals surface area contributed by atoms with Crippen LogP contribution in [0.1, 0.15) is 32.8 Å². The molecule has 1 aromatic carbocycles. The van der Waals surface area contributed by atoms with E-state index in [1.54, 1.807) is 6.92 Å². The van der Waals surface area contributed by atoms with Crippen LogP contribution in [0.4, 0.5) is 4.79 Å². The van der Waals surface area contributed by atoms with Crippen LogP contribution >= 0.6 is 0 Å². The first kappa shape index (κ1) is 20.5. The molecule has 0 aliphatic carbocycles. The fraction of sp³-hybridized carbons (Fsp3) is 0.500. The molecule has 3 amide bonds. The summed E-state index contributed by atoms with van der Waals surface area (Å²) < 4.78 is 5.16. The van der Waals surface area contributed by atoms with Crippen LogP contribution in [0.25, 0.3) is 0 Å². The van der Waals surface area contributed by atoms with Crippen LogP contribution in [-0.2, 0) is 20.9 Å². The van der Waals surface area contributed by atoms with Gasteiger partial charge in [0.25, 0.3) is 0 Å². The number of hydrogen-bond acceptors (Lipinski definition) is 4. The zero-order valence-corrected chi connectivity index (χ0v) is 15.0. The van der Waals surface area contributed by atoms with Crippen molar-refractivity contribution in [2.24, 2.45) is 5.92 Å². The summed E-state index contributed by atoms with van der Waals surface area (Å²) in [5, 5.41) is 7.73. The van der Waals surface area contributed by atoms with Gasteiger partial charge in [-0.25, -0.2) is 4.79 Å². The van der Waals surface area contributed by atoms with Gasteiger partial charge in [0.1, 0.15) is 12.6 Å². The lowest BCUT2D eigenvalue weighted by Crippen LogP contribution is -2.52. The number of benzene rings is 1. The maximum absolute atomic E-state index is 12.3. The monoisotopic (exact) mass is 349 g/mol. The highest BCUT2D eigenvalue weighted by Crippen LogP contribution is 2.09. The number of alkyl carbamates (subject to hydrolysis) is 1. The fourth-order valence-corrected chi connectivity index (χ4v) is 2.13. The highest BCUT2D eigenvalue weighted by Gasteiger charge is 2.26. The standard InChI is InChI=1S/C18H27N3O4/c1-4-13(3)16(17(23)20-11-15(22)19-5-2)21-18(24)25-12-14-9-7-6-8-10-14/h6-10,13,16H,4-5,11-12H2,1-3H3,(H,19,22)(H,20,23)(H,21,24)/t13-,16-/m0/s1. The molecule has 0 saturated heterocycles. The van der Waals surface area contributed by atoms with Crippen LogP contribution < -0.4 is 16.0 Å². The predicted molar refractivity (Wildman–Crippen MR) is 94.7 cm³/mol. The molecular weight excluding hydrogens is 322 g/mol. The summed E-state index contributed by atoms with van der Waals surface area (Å²) in [6.45, 7) is 6.07. The van der Waals surface area contributed by atoms with Gasteiger partial charge < -0.3 is 20.7 Å². The van der Waals surface area contributed by atoms with E-state index in [2.05, 4.69) is 16.0 Å². The summed E-state index contributed by atoms with van der Waals surface area (Å²) in [5.74, 6) is -0.777. The second-order valence-electron chi connectivity index (χ2n) is 5.74. The van der Waals surface area contributed by atoms with Crippen molar-refractivity contribution < 1.29 is 19.1 Å². The van der Waals surface area contributed by atoms with Crippen LogP contribution in [0, 0.1) is 5.92 Å². The number of carbonyl (C=O) groups is 3. The Morgan fingerprint density at radius 3 is 2.36 bits per heavy atom. The molecule has 0 saturated carbocycles. The van der Waals surface area contributed by atoms with Gasteiger partial charge in [-0.05, 0) is 18.4 Å². The summed E-state index contributed by atoms with van der Waals surface area (Å²) in [6.07, 6.45) is 0.0281. The van der Waals surface area contributed by atoms with Gasteiger partial charge in [-0.3, -0.25) is 9.59 Å². The molecule has 3 N–H and O–H groups in total. The summed E-state index contributed by atoms with van der Waals surface area (Å²) in [4.78, 5) is 35.8. The first-order chi connectivity index (χ1) is 12.0. The smallest absolute Gasteiger partial charge is 0.408 e. The highest BCUT2D eigenvalue weighted by molar-refractivity contribution is 5.89. The lowest BCUT2D eigenvalue weighted by Gasteiger charge is -2.23. The zero-order valence-electron chi connectivity index (χ0n) is 15.0. The van der Waals surface area contributed by atoms with E-state index in [9.17, 15) is 14.4 Å². The number of carbonyl (C=O) groups excluding carboxylic acids is 3. The highest BCUT2D eigenvalue weighted by atomic mass is 16.5. The molecule has 0 fully saturated rings. The Hall–Kier alpha value is -2.57. The minimum Gasteiger partial charge on any atom is -0.445 e. The summed E-state index contributed by atoms with van der Waals surface area (Å²) in [6, 6.07) is 8.52. The van der Waals surface area contributed by atoms with Gasteiger partial charge in [0.2, 0.25) is 11.8 Å². The van der Waals surface area contributed by atoms with E-state index in [0.717, 1.165) is 5.56 Å². The van der Waals surface area contributed by atoms with Gasteiger partial charge in [0, 0.05) is 6.54 Å². The van der Waals surface area contributed by atoms with Crippen molar-refractivity contribution in [1.82, 2.24) is 16.0 Å². The Kier molecular flexibility index (Phi) is 9.06. The first-order valence-corrected chi connectivity index (χ1v) is 8.49. The minimum atomic E-state index is -0.761. The van der Waals surface area contributed by atoms with Crippen molar-refractivity contribution >= 4 is 17.9 Å². The quantitative estimate of drug-likeness (QED) is 0.631. The summed E-state index contributed by atoms with van der Waals surface area (Å²) in [7, 11) is 0. The van der Waals surface area contributed by atoms with Crippen molar-refractivity contribution in [3.05, 3.63) is 35.9 Å². The van der Waals surface area contributed by atoms with Crippen LogP contribution in [0.5, 0.6) is 0 Å². The molecule has 0 unspecified atom stereocenters. The Balaban J connectivity index is 2.55.